The van der Waals surface area contributed by atoms with Crippen LogP contribution in [0.1, 0.15) is 38.4 Å². The minimum absolute atomic E-state index is 0.116. The van der Waals surface area contributed by atoms with E-state index in [0.29, 0.717) is 24.9 Å². The monoisotopic (exact) mass is 308 g/mol. The average Bonchev–Trinajstić information content (AvgIpc) is 2.88. The minimum atomic E-state index is -0.193. The first-order valence-corrected chi connectivity index (χ1v) is 8.22. The van der Waals surface area contributed by atoms with Gasteiger partial charge in [0.1, 0.15) is 5.82 Å². The molecule has 0 radical (unpaired) electrons. The third kappa shape index (κ3) is 5.33. The Morgan fingerprint density at radius 2 is 2.32 bits per heavy atom. The molecular weight excluding hydrogens is 280 g/mol. The highest BCUT2D eigenvalue weighted by Gasteiger charge is 2.20. The maximum atomic E-state index is 11.8. The van der Waals surface area contributed by atoms with Crippen molar-refractivity contribution >= 4 is 6.03 Å². The van der Waals surface area contributed by atoms with Gasteiger partial charge in [0.05, 0.1) is 6.10 Å². The van der Waals surface area contributed by atoms with Crippen molar-refractivity contribution in [3.05, 3.63) is 18.2 Å². The van der Waals surface area contributed by atoms with Crippen LogP contribution in [0.3, 0.4) is 0 Å². The molecule has 1 saturated carbocycles. The third-order valence-electron chi connectivity index (χ3n) is 4.35. The zero-order valence-corrected chi connectivity index (χ0v) is 13.6. The summed E-state index contributed by atoms with van der Waals surface area (Å²) in [6, 6.07) is -0.116. The van der Waals surface area contributed by atoms with E-state index in [9.17, 15) is 9.90 Å². The Morgan fingerprint density at radius 3 is 3.00 bits per heavy atom. The number of aliphatic hydroxyl groups excluding tert-OH is 1. The number of carbonyl (C=O) groups is 1. The molecule has 22 heavy (non-hydrogen) atoms. The van der Waals surface area contributed by atoms with E-state index in [1.807, 2.05) is 13.1 Å². The van der Waals surface area contributed by atoms with Gasteiger partial charge >= 0.3 is 6.03 Å². The molecule has 0 spiro atoms. The fraction of sp³-hybridized carbons (Fsp3) is 0.750. The van der Waals surface area contributed by atoms with Gasteiger partial charge in [0.15, 0.2) is 0 Å². The lowest BCUT2D eigenvalue weighted by Gasteiger charge is -2.26. The molecule has 3 N–H and O–H groups in total. The second-order valence-electron chi connectivity index (χ2n) is 6.51. The molecule has 1 aromatic heterocycles. The van der Waals surface area contributed by atoms with Gasteiger partial charge < -0.3 is 20.3 Å². The van der Waals surface area contributed by atoms with Gasteiger partial charge in [0, 0.05) is 32.0 Å². The van der Waals surface area contributed by atoms with Crippen molar-refractivity contribution in [3.8, 4) is 0 Å². The molecule has 1 fully saturated rings. The number of rotatable bonds is 6. The number of hydrogen-bond donors (Lipinski definition) is 3. The highest BCUT2D eigenvalue weighted by atomic mass is 16.3. The summed E-state index contributed by atoms with van der Waals surface area (Å²) in [5.74, 6) is 1.74. The van der Waals surface area contributed by atoms with E-state index in [2.05, 4.69) is 27.1 Å². The van der Waals surface area contributed by atoms with Crippen LogP contribution >= 0.6 is 0 Å². The Bertz CT molecular complexity index is 474. The largest absolute Gasteiger partial charge is 0.393 e. The van der Waals surface area contributed by atoms with E-state index < -0.39 is 0 Å². The maximum Gasteiger partial charge on any atom is 0.314 e. The van der Waals surface area contributed by atoms with Crippen molar-refractivity contribution in [2.45, 2.75) is 52.2 Å². The number of nitrogens with zero attached hydrogens (tertiary/aromatic N) is 2. The molecular formula is C16H28N4O2. The molecule has 3 atom stereocenters. The molecule has 0 aliphatic heterocycles. The standard InChI is InChI=1S/C16H28N4O2/c1-12(11-20-7-6-17-13(20)2)9-18-16(22)19-10-14-4-3-5-15(21)8-14/h6-7,12,14-15,21H,3-5,8-11H2,1-2H3,(H2,18,19,22). The van der Waals surface area contributed by atoms with Crippen LogP contribution in [0, 0.1) is 18.8 Å². The zero-order valence-electron chi connectivity index (χ0n) is 13.6. The highest BCUT2D eigenvalue weighted by molar-refractivity contribution is 5.73. The lowest BCUT2D eigenvalue weighted by molar-refractivity contribution is 0.101. The molecule has 1 heterocycles. The van der Waals surface area contributed by atoms with Gasteiger partial charge in [-0.25, -0.2) is 9.78 Å². The summed E-state index contributed by atoms with van der Waals surface area (Å²) >= 11 is 0. The van der Waals surface area contributed by atoms with Gasteiger partial charge in [-0.05, 0) is 38.0 Å². The first-order chi connectivity index (χ1) is 10.5. The number of aromatic nitrogens is 2. The quantitative estimate of drug-likeness (QED) is 0.748. The van der Waals surface area contributed by atoms with Gasteiger partial charge in [0.2, 0.25) is 0 Å². The Morgan fingerprint density at radius 1 is 1.50 bits per heavy atom. The zero-order chi connectivity index (χ0) is 15.9. The van der Waals surface area contributed by atoms with Crippen LogP contribution in [0.5, 0.6) is 0 Å². The fourth-order valence-corrected chi connectivity index (χ4v) is 3.01. The predicted octanol–water partition coefficient (Wildman–Crippen LogP) is 1.68. The number of aryl methyl sites for hydroxylation is 1. The summed E-state index contributed by atoms with van der Waals surface area (Å²) in [7, 11) is 0. The lowest BCUT2D eigenvalue weighted by atomic mass is 9.87. The van der Waals surface area contributed by atoms with Crippen LogP contribution < -0.4 is 10.6 Å². The number of nitrogens with one attached hydrogen (secondary N) is 2. The van der Waals surface area contributed by atoms with Gasteiger partial charge in [-0.15, -0.1) is 0 Å². The van der Waals surface area contributed by atoms with Crippen LogP contribution in [0.25, 0.3) is 0 Å². The predicted molar refractivity (Wildman–Crippen MR) is 85.5 cm³/mol. The normalized spacial score (nSPS) is 23.0. The second-order valence-corrected chi connectivity index (χ2v) is 6.51. The molecule has 2 amide bonds. The van der Waals surface area contributed by atoms with Crippen LogP contribution in [-0.2, 0) is 6.54 Å². The summed E-state index contributed by atoms with van der Waals surface area (Å²) in [5, 5.41) is 15.5. The smallest absolute Gasteiger partial charge is 0.314 e. The summed E-state index contributed by atoms with van der Waals surface area (Å²) < 4.78 is 2.09. The Hall–Kier alpha value is -1.56. The maximum absolute atomic E-state index is 11.8. The lowest BCUT2D eigenvalue weighted by Crippen LogP contribution is -2.41. The molecule has 6 heteroatoms. The van der Waals surface area contributed by atoms with E-state index in [0.717, 1.165) is 38.1 Å². The van der Waals surface area contributed by atoms with Crippen molar-refractivity contribution in [3.63, 3.8) is 0 Å². The number of aliphatic hydroxyl groups is 1. The SMILES string of the molecule is Cc1nccn1CC(C)CNC(=O)NCC1CCCC(O)C1. The van der Waals surface area contributed by atoms with E-state index in [1.165, 1.54) is 0 Å². The number of imidazole rings is 1. The summed E-state index contributed by atoms with van der Waals surface area (Å²) in [5.41, 5.74) is 0. The van der Waals surface area contributed by atoms with Gasteiger partial charge in [0.25, 0.3) is 0 Å². The van der Waals surface area contributed by atoms with E-state index in [1.54, 1.807) is 6.20 Å². The average molecular weight is 308 g/mol. The molecule has 0 bridgehead atoms. The molecule has 1 aliphatic carbocycles. The Labute approximate surface area is 132 Å². The van der Waals surface area contributed by atoms with Gasteiger partial charge in [-0.3, -0.25) is 0 Å². The molecule has 3 unspecified atom stereocenters. The van der Waals surface area contributed by atoms with Crippen molar-refractivity contribution in [1.82, 2.24) is 20.2 Å². The second kappa shape index (κ2) is 8.17. The molecule has 0 aromatic carbocycles. The van der Waals surface area contributed by atoms with Crippen molar-refractivity contribution < 1.29 is 9.90 Å². The first-order valence-electron chi connectivity index (χ1n) is 8.22. The van der Waals surface area contributed by atoms with Gasteiger partial charge in [-0.2, -0.15) is 0 Å². The van der Waals surface area contributed by atoms with E-state index in [4.69, 9.17) is 0 Å². The first kappa shape index (κ1) is 16.8. The number of carbonyl (C=O) groups excluding carboxylic acids is 1. The molecule has 1 aliphatic rings. The molecule has 124 valence electrons. The van der Waals surface area contributed by atoms with E-state index in [-0.39, 0.29) is 12.1 Å². The van der Waals surface area contributed by atoms with Crippen molar-refractivity contribution in [2.24, 2.45) is 11.8 Å². The number of hydrogen-bond acceptors (Lipinski definition) is 3. The highest BCUT2D eigenvalue weighted by Crippen LogP contribution is 2.23. The third-order valence-corrected chi connectivity index (χ3v) is 4.35. The van der Waals surface area contributed by atoms with Crippen LogP contribution in [0.2, 0.25) is 0 Å². The summed E-state index contributed by atoms with van der Waals surface area (Å²) in [6.07, 6.45) is 7.40. The van der Waals surface area contributed by atoms with Crippen LogP contribution in [0.15, 0.2) is 12.4 Å². The molecule has 1 aromatic rings. The van der Waals surface area contributed by atoms with Crippen LogP contribution in [0.4, 0.5) is 4.79 Å². The van der Waals surface area contributed by atoms with Crippen molar-refractivity contribution in [1.29, 1.82) is 0 Å². The fourth-order valence-electron chi connectivity index (χ4n) is 3.01. The molecule has 6 nitrogen and oxygen atoms in total. The topological polar surface area (TPSA) is 79.2 Å². The summed E-state index contributed by atoms with van der Waals surface area (Å²) in [4.78, 5) is 16.0. The Balaban J connectivity index is 1.61. The number of amides is 2. The molecule has 2 rings (SSSR count). The molecule has 0 saturated heterocycles. The van der Waals surface area contributed by atoms with Crippen LogP contribution in [-0.4, -0.2) is 39.9 Å². The summed E-state index contributed by atoms with van der Waals surface area (Å²) in [6.45, 7) is 6.22. The van der Waals surface area contributed by atoms with E-state index >= 15 is 0 Å². The number of urea groups is 1. The van der Waals surface area contributed by atoms with Gasteiger partial charge in [-0.1, -0.05) is 13.3 Å². The minimum Gasteiger partial charge on any atom is -0.393 e. The Kier molecular flexibility index (Phi) is 6.24. The van der Waals surface area contributed by atoms with Crippen molar-refractivity contribution in [2.75, 3.05) is 13.1 Å².